The van der Waals surface area contributed by atoms with Gasteiger partial charge in [-0.1, -0.05) is 96.3 Å². The maximum absolute atomic E-state index is 13.7. The lowest BCUT2D eigenvalue weighted by Crippen LogP contribution is -2.52. The molecular weight excluding hydrogens is 503 g/mol. The van der Waals surface area contributed by atoms with Gasteiger partial charge in [0.15, 0.2) is 0 Å². The van der Waals surface area contributed by atoms with Gasteiger partial charge in [-0.05, 0) is 48.2 Å². The second-order valence-electron chi connectivity index (χ2n) is 8.56. The van der Waals surface area contributed by atoms with Crippen LogP contribution in [-0.4, -0.2) is 28.8 Å². The van der Waals surface area contributed by atoms with Crippen LogP contribution < -0.4 is 5.32 Å². The summed E-state index contributed by atoms with van der Waals surface area (Å²) in [5.41, 5.74) is 2.45. The Morgan fingerprint density at radius 1 is 0.857 bits per heavy atom. The van der Waals surface area contributed by atoms with Gasteiger partial charge in [0.1, 0.15) is 6.04 Å². The largest absolute Gasteiger partial charge is 0.352 e. The molecule has 35 heavy (non-hydrogen) atoms. The van der Waals surface area contributed by atoms with Crippen molar-refractivity contribution in [3.8, 4) is 0 Å². The third-order valence-corrected chi connectivity index (χ3v) is 7.02. The smallest absolute Gasteiger partial charge is 0.243 e. The highest BCUT2D eigenvalue weighted by Crippen LogP contribution is 2.25. The number of halogens is 3. The predicted octanol–water partition coefficient (Wildman–Crippen LogP) is 6.74. The standard InChI is InChI=1S/C28H29Cl3N2O2/c1-3-19(2)32-28(35)26(16-20-9-5-4-6-10-20)33(18-22-11-7-8-12-23(22)29)27(34)17-21-13-14-24(30)25(31)15-21/h4-15,19,26H,3,16-18H2,1-2H3,(H,32,35). The Kier molecular flexibility index (Phi) is 10.0. The van der Waals surface area contributed by atoms with Crippen molar-refractivity contribution in [3.05, 3.63) is 105 Å². The summed E-state index contributed by atoms with van der Waals surface area (Å²) in [5.74, 6) is -0.402. The van der Waals surface area contributed by atoms with Crippen LogP contribution in [0, 0.1) is 0 Å². The zero-order chi connectivity index (χ0) is 25.4. The van der Waals surface area contributed by atoms with E-state index < -0.39 is 6.04 Å². The van der Waals surface area contributed by atoms with Gasteiger partial charge in [-0.25, -0.2) is 0 Å². The first kappa shape index (κ1) is 27.1. The molecule has 0 aliphatic heterocycles. The van der Waals surface area contributed by atoms with Gasteiger partial charge in [0.05, 0.1) is 16.5 Å². The van der Waals surface area contributed by atoms with E-state index in [1.807, 2.05) is 62.4 Å². The van der Waals surface area contributed by atoms with Gasteiger partial charge >= 0.3 is 0 Å². The van der Waals surface area contributed by atoms with Crippen molar-refractivity contribution in [2.24, 2.45) is 0 Å². The van der Waals surface area contributed by atoms with Crippen LogP contribution in [0.2, 0.25) is 15.1 Å². The lowest BCUT2D eigenvalue weighted by atomic mass is 10.0. The van der Waals surface area contributed by atoms with Crippen molar-refractivity contribution in [2.45, 2.75) is 51.7 Å². The summed E-state index contributed by atoms with van der Waals surface area (Å²) in [6, 6.07) is 21.4. The van der Waals surface area contributed by atoms with E-state index in [1.165, 1.54) is 0 Å². The summed E-state index contributed by atoms with van der Waals surface area (Å²) in [5, 5.41) is 4.41. The van der Waals surface area contributed by atoms with E-state index in [4.69, 9.17) is 34.8 Å². The minimum atomic E-state index is -0.724. The minimum absolute atomic E-state index is 0.0203. The van der Waals surface area contributed by atoms with Gasteiger partial charge in [-0.15, -0.1) is 0 Å². The molecule has 3 aromatic carbocycles. The SMILES string of the molecule is CCC(C)NC(=O)C(Cc1ccccc1)N(Cc1ccccc1Cl)C(=O)Cc1ccc(Cl)c(Cl)c1. The predicted molar refractivity (Wildman–Crippen MR) is 144 cm³/mol. The average Bonchev–Trinajstić information content (AvgIpc) is 2.85. The van der Waals surface area contributed by atoms with Crippen molar-refractivity contribution in [3.63, 3.8) is 0 Å². The molecular formula is C28H29Cl3N2O2. The summed E-state index contributed by atoms with van der Waals surface area (Å²) < 4.78 is 0. The highest BCUT2D eigenvalue weighted by Gasteiger charge is 2.31. The maximum atomic E-state index is 13.7. The molecule has 0 saturated carbocycles. The zero-order valence-electron chi connectivity index (χ0n) is 19.8. The molecule has 3 rings (SSSR count). The monoisotopic (exact) mass is 530 g/mol. The molecule has 0 aliphatic rings. The average molecular weight is 532 g/mol. The Labute approximate surface area is 222 Å². The first-order valence-electron chi connectivity index (χ1n) is 11.6. The van der Waals surface area contributed by atoms with Crippen LogP contribution >= 0.6 is 34.8 Å². The van der Waals surface area contributed by atoms with Crippen molar-refractivity contribution < 1.29 is 9.59 Å². The number of nitrogens with one attached hydrogen (secondary N) is 1. The summed E-state index contributed by atoms with van der Waals surface area (Å²) in [6.45, 7) is 4.16. The second-order valence-corrected chi connectivity index (χ2v) is 9.78. The molecule has 184 valence electrons. The third kappa shape index (κ3) is 7.73. The van der Waals surface area contributed by atoms with Crippen molar-refractivity contribution in [2.75, 3.05) is 0 Å². The molecule has 0 spiro atoms. The minimum Gasteiger partial charge on any atom is -0.352 e. The number of rotatable bonds is 10. The van der Waals surface area contributed by atoms with Crippen LogP contribution in [0.15, 0.2) is 72.8 Å². The molecule has 0 fully saturated rings. The number of hydrogen-bond donors (Lipinski definition) is 1. The Bertz CT molecular complexity index is 1150. The quantitative estimate of drug-likeness (QED) is 0.315. The molecule has 2 unspecified atom stereocenters. The molecule has 2 amide bonds. The molecule has 0 bridgehead atoms. The topological polar surface area (TPSA) is 49.4 Å². The van der Waals surface area contributed by atoms with Crippen LogP contribution in [0.3, 0.4) is 0 Å². The van der Waals surface area contributed by atoms with E-state index in [1.54, 1.807) is 29.2 Å². The summed E-state index contributed by atoms with van der Waals surface area (Å²) >= 11 is 18.7. The lowest BCUT2D eigenvalue weighted by Gasteiger charge is -2.32. The van der Waals surface area contributed by atoms with Crippen LogP contribution in [0.4, 0.5) is 0 Å². The Morgan fingerprint density at radius 3 is 2.20 bits per heavy atom. The normalized spacial score (nSPS) is 12.6. The van der Waals surface area contributed by atoms with Gasteiger partial charge < -0.3 is 10.2 Å². The van der Waals surface area contributed by atoms with E-state index in [-0.39, 0.29) is 30.8 Å². The Morgan fingerprint density at radius 2 is 1.54 bits per heavy atom. The number of carbonyl (C=O) groups is 2. The van der Waals surface area contributed by atoms with Crippen LogP contribution in [0.1, 0.15) is 37.0 Å². The molecule has 0 aromatic heterocycles. The van der Waals surface area contributed by atoms with Crippen molar-refractivity contribution in [1.82, 2.24) is 10.2 Å². The van der Waals surface area contributed by atoms with E-state index in [9.17, 15) is 9.59 Å². The molecule has 2 atom stereocenters. The fourth-order valence-corrected chi connectivity index (χ4v) is 4.25. The van der Waals surface area contributed by atoms with Gasteiger partial charge in [0.25, 0.3) is 0 Å². The van der Waals surface area contributed by atoms with Crippen LogP contribution in [-0.2, 0) is 29.0 Å². The first-order chi connectivity index (χ1) is 16.8. The molecule has 0 saturated heterocycles. The molecule has 0 aliphatic carbocycles. The fourth-order valence-electron chi connectivity index (χ4n) is 3.73. The van der Waals surface area contributed by atoms with Gasteiger partial charge in [-0.2, -0.15) is 0 Å². The number of amides is 2. The highest BCUT2D eigenvalue weighted by molar-refractivity contribution is 6.42. The Hall–Kier alpha value is -2.53. The lowest BCUT2D eigenvalue weighted by molar-refractivity contribution is -0.141. The molecule has 0 heterocycles. The van der Waals surface area contributed by atoms with E-state index in [0.29, 0.717) is 27.1 Å². The van der Waals surface area contributed by atoms with Gasteiger partial charge in [0.2, 0.25) is 11.8 Å². The molecule has 0 radical (unpaired) electrons. The van der Waals surface area contributed by atoms with Crippen molar-refractivity contribution in [1.29, 1.82) is 0 Å². The van der Waals surface area contributed by atoms with Gasteiger partial charge in [0, 0.05) is 24.0 Å². The van der Waals surface area contributed by atoms with E-state index in [2.05, 4.69) is 5.32 Å². The van der Waals surface area contributed by atoms with Gasteiger partial charge in [-0.3, -0.25) is 9.59 Å². The molecule has 1 N–H and O–H groups in total. The van der Waals surface area contributed by atoms with E-state index >= 15 is 0 Å². The number of nitrogens with zero attached hydrogens (tertiary/aromatic N) is 1. The number of hydrogen-bond acceptors (Lipinski definition) is 2. The van der Waals surface area contributed by atoms with Crippen molar-refractivity contribution >= 4 is 46.6 Å². The second kappa shape index (κ2) is 13.0. The maximum Gasteiger partial charge on any atom is 0.243 e. The molecule has 3 aromatic rings. The number of benzene rings is 3. The highest BCUT2D eigenvalue weighted by atomic mass is 35.5. The summed E-state index contributed by atoms with van der Waals surface area (Å²) in [6.07, 6.45) is 1.23. The number of carbonyl (C=O) groups excluding carboxylic acids is 2. The first-order valence-corrected chi connectivity index (χ1v) is 12.7. The summed E-state index contributed by atoms with van der Waals surface area (Å²) in [7, 11) is 0. The van der Waals surface area contributed by atoms with Crippen LogP contribution in [0.5, 0.6) is 0 Å². The van der Waals surface area contributed by atoms with Crippen LogP contribution in [0.25, 0.3) is 0 Å². The Balaban J connectivity index is 1.99. The summed E-state index contributed by atoms with van der Waals surface area (Å²) in [4.78, 5) is 28.9. The molecule has 4 nitrogen and oxygen atoms in total. The fraction of sp³-hybridized carbons (Fsp3) is 0.286. The third-order valence-electron chi connectivity index (χ3n) is 5.91. The molecule has 7 heteroatoms. The van der Waals surface area contributed by atoms with E-state index in [0.717, 1.165) is 17.5 Å². The zero-order valence-corrected chi connectivity index (χ0v) is 22.1.